The molecule has 0 N–H and O–H groups in total. The van der Waals surface area contributed by atoms with Gasteiger partial charge in [0.25, 0.3) is 5.69 Å². The number of rotatable bonds is 8. The molecule has 29 heavy (non-hydrogen) atoms. The molecule has 0 saturated carbocycles. The average molecular weight is 411 g/mol. The Balaban J connectivity index is 2.10. The highest BCUT2D eigenvalue weighted by molar-refractivity contribution is 7.12. The lowest BCUT2D eigenvalue weighted by atomic mass is 10.1. The number of aromatic nitrogens is 2. The Bertz CT molecular complexity index is 1070. The highest BCUT2D eigenvalue weighted by Gasteiger charge is 2.22. The van der Waals surface area contributed by atoms with E-state index in [2.05, 4.69) is 18.5 Å². The molecule has 150 valence electrons. The van der Waals surface area contributed by atoms with Crippen LogP contribution < -0.4 is 0 Å². The molecule has 3 aromatic rings. The van der Waals surface area contributed by atoms with E-state index >= 15 is 0 Å². The summed E-state index contributed by atoms with van der Waals surface area (Å²) in [5, 5.41) is 13.3. The van der Waals surface area contributed by atoms with Crippen LogP contribution in [0, 0.1) is 10.1 Å². The third kappa shape index (κ3) is 4.12. The number of thiophene rings is 1. The average Bonchev–Trinajstić information content (AvgIpc) is 3.34. The van der Waals surface area contributed by atoms with Gasteiger partial charge in [-0.05, 0) is 17.9 Å². The summed E-state index contributed by atoms with van der Waals surface area (Å²) in [7, 11) is 1.32. The van der Waals surface area contributed by atoms with E-state index < -0.39 is 5.97 Å². The number of para-hydroxylation sites is 1. The van der Waals surface area contributed by atoms with Crippen molar-refractivity contribution in [1.29, 1.82) is 0 Å². The molecular formula is C21H21N3O4S. The number of esters is 1. The number of imidazole rings is 1. The zero-order chi connectivity index (χ0) is 21.0. The zero-order valence-corrected chi connectivity index (χ0v) is 17.1. The van der Waals surface area contributed by atoms with Crippen LogP contribution >= 0.6 is 11.3 Å². The van der Waals surface area contributed by atoms with Crippen molar-refractivity contribution < 1.29 is 14.5 Å². The SMILES string of the molecule is C=C(C(=O)OC)c1sccc1-c1cnc(CCC)n1Cc1ccccc1[N+](=O)[O-]. The van der Waals surface area contributed by atoms with Crippen molar-refractivity contribution in [3.63, 3.8) is 0 Å². The number of nitrogens with zero attached hydrogens (tertiary/aromatic N) is 3. The quantitative estimate of drug-likeness (QED) is 0.232. The molecule has 0 bridgehead atoms. The third-order valence-electron chi connectivity index (χ3n) is 4.58. The van der Waals surface area contributed by atoms with Gasteiger partial charge in [-0.3, -0.25) is 10.1 Å². The molecule has 0 spiro atoms. The van der Waals surface area contributed by atoms with Gasteiger partial charge in [-0.25, -0.2) is 9.78 Å². The summed E-state index contributed by atoms with van der Waals surface area (Å²) in [6, 6.07) is 8.59. The lowest BCUT2D eigenvalue weighted by Crippen LogP contribution is -2.09. The molecule has 0 amide bonds. The summed E-state index contributed by atoms with van der Waals surface area (Å²) in [4.78, 5) is 28.3. The molecule has 7 nitrogen and oxygen atoms in total. The Morgan fingerprint density at radius 3 is 2.79 bits per heavy atom. The van der Waals surface area contributed by atoms with Gasteiger partial charge in [-0.15, -0.1) is 11.3 Å². The first-order chi connectivity index (χ1) is 14.0. The van der Waals surface area contributed by atoms with E-state index in [1.807, 2.05) is 16.0 Å². The van der Waals surface area contributed by atoms with Crippen molar-refractivity contribution in [2.75, 3.05) is 7.11 Å². The minimum absolute atomic E-state index is 0.0686. The highest BCUT2D eigenvalue weighted by atomic mass is 32.1. The lowest BCUT2D eigenvalue weighted by Gasteiger charge is -2.13. The van der Waals surface area contributed by atoms with Crippen LogP contribution in [-0.4, -0.2) is 27.6 Å². The second-order valence-corrected chi connectivity index (χ2v) is 7.33. The lowest BCUT2D eigenvalue weighted by molar-refractivity contribution is -0.385. The van der Waals surface area contributed by atoms with E-state index in [1.54, 1.807) is 24.4 Å². The summed E-state index contributed by atoms with van der Waals surface area (Å²) in [5.74, 6) is 0.341. The Morgan fingerprint density at radius 1 is 1.34 bits per heavy atom. The van der Waals surface area contributed by atoms with Crippen molar-refractivity contribution in [3.05, 3.63) is 74.9 Å². The fourth-order valence-electron chi connectivity index (χ4n) is 3.18. The van der Waals surface area contributed by atoms with Gasteiger partial charge >= 0.3 is 5.97 Å². The van der Waals surface area contributed by atoms with Gasteiger partial charge in [0.15, 0.2) is 0 Å². The molecule has 0 radical (unpaired) electrons. The Morgan fingerprint density at radius 2 is 2.10 bits per heavy atom. The highest BCUT2D eigenvalue weighted by Crippen LogP contribution is 2.35. The molecule has 0 unspecified atom stereocenters. The number of carbonyl (C=O) groups is 1. The largest absolute Gasteiger partial charge is 0.465 e. The zero-order valence-electron chi connectivity index (χ0n) is 16.3. The monoisotopic (exact) mass is 411 g/mol. The van der Waals surface area contributed by atoms with E-state index in [9.17, 15) is 14.9 Å². The van der Waals surface area contributed by atoms with Crippen LogP contribution in [0.1, 0.15) is 29.6 Å². The maximum absolute atomic E-state index is 12.0. The first-order valence-electron chi connectivity index (χ1n) is 9.10. The van der Waals surface area contributed by atoms with E-state index in [4.69, 9.17) is 4.74 Å². The third-order valence-corrected chi connectivity index (χ3v) is 5.55. The topological polar surface area (TPSA) is 87.3 Å². The number of nitro benzene ring substituents is 1. The first-order valence-corrected chi connectivity index (χ1v) is 9.98. The van der Waals surface area contributed by atoms with Crippen LogP contribution in [0.5, 0.6) is 0 Å². The molecule has 8 heteroatoms. The molecule has 0 aliphatic rings. The number of hydrogen-bond donors (Lipinski definition) is 0. The number of benzene rings is 1. The molecule has 0 saturated heterocycles. The number of methoxy groups -OCH3 is 1. The smallest absolute Gasteiger partial charge is 0.338 e. The fraction of sp³-hybridized carbons (Fsp3) is 0.238. The van der Waals surface area contributed by atoms with Gasteiger partial charge in [0, 0.05) is 23.6 Å². The fourth-order valence-corrected chi connectivity index (χ4v) is 4.05. The molecule has 3 rings (SSSR count). The van der Waals surface area contributed by atoms with Crippen LogP contribution in [-0.2, 0) is 22.5 Å². The number of ether oxygens (including phenoxy) is 1. The van der Waals surface area contributed by atoms with E-state index in [1.165, 1.54) is 24.5 Å². The molecule has 2 aromatic heterocycles. The van der Waals surface area contributed by atoms with Crippen molar-refractivity contribution in [2.24, 2.45) is 0 Å². The molecule has 0 aliphatic heterocycles. The number of nitro groups is 1. The predicted molar refractivity (Wildman–Crippen MR) is 113 cm³/mol. The Kier molecular flexibility index (Phi) is 6.23. The van der Waals surface area contributed by atoms with Crippen molar-refractivity contribution in [2.45, 2.75) is 26.3 Å². The van der Waals surface area contributed by atoms with Gasteiger partial charge in [-0.2, -0.15) is 0 Å². The maximum atomic E-state index is 12.0. The summed E-state index contributed by atoms with van der Waals surface area (Å²) >= 11 is 1.39. The minimum atomic E-state index is -0.493. The van der Waals surface area contributed by atoms with Gasteiger partial charge in [0.2, 0.25) is 0 Å². The van der Waals surface area contributed by atoms with Gasteiger partial charge < -0.3 is 9.30 Å². The summed E-state index contributed by atoms with van der Waals surface area (Å²) in [6.07, 6.45) is 3.37. The van der Waals surface area contributed by atoms with Crippen LogP contribution in [0.4, 0.5) is 5.69 Å². The summed E-state index contributed by atoms with van der Waals surface area (Å²) < 4.78 is 6.78. The summed E-state index contributed by atoms with van der Waals surface area (Å²) in [6.45, 7) is 6.23. The molecule has 0 atom stereocenters. The maximum Gasteiger partial charge on any atom is 0.338 e. The normalized spacial score (nSPS) is 10.7. The molecule has 2 heterocycles. The number of carbonyl (C=O) groups excluding carboxylic acids is 1. The number of aryl methyl sites for hydroxylation is 1. The predicted octanol–water partition coefficient (Wildman–Crippen LogP) is 4.71. The standard InChI is InChI=1S/C21H21N3O4S/c1-4-7-19-22-12-18(16-10-11-29-20(16)14(2)21(25)28-3)23(19)13-15-8-5-6-9-17(15)24(26)27/h5-6,8-12H,2,4,7,13H2,1,3H3. The second kappa shape index (κ2) is 8.83. The minimum Gasteiger partial charge on any atom is -0.465 e. The van der Waals surface area contributed by atoms with E-state index in [0.29, 0.717) is 17.0 Å². The van der Waals surface area contributed by atoms with E-state index in [-0.39, 0.29) is 16.2 Å². The number of hydrogen-bond acceptors (Lipinski definition) is 6. The van der Waals surface area contributed by atoms with Crippen LogP contribution in [0.15, 0.2) is 48.5 Å². The molecule has 1 aromatic carbocycles. The van der Waals surface area contributed by atoms with E-state index in [0.717, 1.165) is 29.9 Å². The summed E-state index contributed by atoms with van der Waals surface area (Å²) in [5.41, 5.74) is 2.52. The van der Waals surface area contributed by atoms with Crippen LogP contribution in [0.3, 0.4) is 0 Å². The first kappa shape index (κ1) is 20.5. The van der Waals surface area contributed by atoms with Gasteiger partial charge in [0.1, 0.15) is 5.82 Å². The van der Waals surface area contributed by atoms with Crippen molar-refractivity contribution in [1.82, 2.24) is 9.55 Å². The Labute approximate surface area is 172 Å². The second-order valence-electron chi connectivity index (χ2n) is 6.42. The van der Waals surface area contributed by atoms with Gasteiger partial charge in [-0.1, -0.05) is 31.7 Å². The van der Waals surface area contributed by atoms with Crippen molar-refractivity contribution >= 4 is 28.6 Å². The van der Waals surface area contributed by atoms with Crippen molar-refractivity contribution in [3.8, 4) is 11.3 Å². The van der Waals surface area contributed by atoms with Crippen LogP contribution in [0.25, 0.3) is 16.8 Å². The Hall–Kier alpha value is -3.26. The van der Waals surface area contributed by atoms with Gasteiger partial charge in [0.05, 0.1) is 40.9 Å². The molecule has 0 aliphatic carbocycles. The molecular weight excluding hydrogens is 390 g/mol. The molecule has 0 fully saturated rings. The van der Waals surface area contributed by atoms with Crippen LogP contribution in [0.2, 0.25) is 0 Å².